The van der Waals surface area contributed by atoms with E-state index in [1.54, 1.807) is 23.5 Å². The quantitative estimate of drug-likeness (QED) is 0.893. The van der Waals surface area contributed by atoms with Gasteiger partial charge < -0.3 is 10.4 Å². The molecule has 0 fully saturated rings. The zero-order valence-electron chi connectivity index (χ0n) is 10.2. The molecule has 0 aliphatic rings. The summed E-state index contributed by atoms with van der Waals surface area (Å²) in [5.74, 6) is -0.410. The number of carbonyl (C=O) groups excluding carboxylic acids is 1. The Morgan fingerprint density at radius 2 is 2.06 bits per heavy atom. The number of thiazole rings is 1. The molecule has 4 nitrogen and oxygen atoms in total. The molecule has 0 radical (unpaired) electrons. The minimum Gasteiger partial charge on any atom is -0.384 e. The van der Waals surface area contributed by atoms with Crippen molar-refractivity contribution in [1.29, 1.82) is 0 Å². The van der Waals surface area contributed by atoms with Crippen LogP contribution in [0.25, 0.3) is 11.3 Å². The summed E-state index contributed by atoms with van der Waals surface area (Å²) in [7, 11) is 0. The maximum absolute atomic E-state index is 11.3. The van der Waals surface area contributed by atoms with Crippen LogP contribution in [0, 0.1) is 6.92 Å². The van der Waals surface area contributed by atoms with Gasteiger partial charge in [-0.3, -0.25) is 4.79 Å². The molecule has 0 spiro atoms. The van der Waals surface area contributed by atoms with E-state index in [4.69, 9.17) is 5.11 Å². The fraction of sp³-hybridized carbons (Fsp3) is 0.231. The summed E-state index contributed by atoms with van der Waals surface area (Å²) in [6.45, 7) is 3.40. The lowest BCUT2D eigenvalue weighted by atomic mass is 10.1. The number of aromatic nitrogens is 1. The van der Waals surface area contributed by atoms with Crippen molar-refractivity contribution in [3.8, 4) is 11.3 Å². The first-order valence-electron chi connectivity index (χ1n) is 5.58. The highest BCUT2D eigenvalue weighted by Gasteiger charge is 2.08. The van der Waals surface area contributed by atoms with E-state index in [0.717, 1.165) is 16.3 Å². The summed E-state index contributed by atoms with van der Waals surface area (Å²) in [5.41, 5.74) is 2.61. The number of rotatable bonds is 3. The molecule has 18 heavy (non-hydrogen) atoms. The topological polar surface area (TPSA) is 62.2 Å². The molecule has 1 atom stereocenters. The normalized spacial score (nSPS) is 12.2. The van der Waals surface area contributed by atoms with E-state index < -0.39 is 12.0 Å². The van der Waals surface area contributed by atoms with Crippen LogP contribution in [0.4, 0.5) is 5.69 Å². The van der Waals surface area contributed by atoms with E-state index >= 15 is 0 Å². The molecule has 0 aliphatic heterocycles. The molecule has 1 heterocycles. The minimum atomic E-state index is -1.01. The van der Waals surface area contributed by atoms with Gasteiger partial charge in [0.15, 0.2) is 0 Å². The second-order valence-corrected chi connectivity index (χ2v) is 5.06. The first kappa shape index (κ1) is 12.7. The first-order valence-corrected chi connectivity index (χ1v) is 6.46. The Bertz CT molecular complexity index is 546. The van der Waals surface area contributed by atoms with Crippen molar-refractivity contribution in [2.75, 3.05) is 5.32 Å². The highest BCUT2D eigenvalue weighted by atomic mass is 32.1. The van der Waals surface area contributed by atoms with Gasteiger partial charge in [0.25, 0.3) is 5.91 Å². The number of amides is 1. The average Bonchev–Trinajstić information content (AvgIpc) is 2.76. The van der Waals surface area contributed by atoms with Crippen molar-refractivity contribution in [3.05, 3.63) is 34.7 Å². The highest BCUT2D eigenvalue weighted by Crippen LogP contribution is 2.23. The number of nitrogens with zero attached hydrogens (tertiary/aromatic N) is 1. The monoisotopic (exact) mass is 262 g/mol. The van der Waals surface area contributed by atoms with Gasteiger partial charge in [0.1, 0.15) is 6.10 Å². The molecular formula is C13H14N2O2S. The van der Waals surface area contributed by atoms with Gasteiger partial charge in [0.2, 0.25) is 0 Å². The van der Waals surface area contributed by atoms with Crippen LogP contribution in [0.15, 0.2) is 29.6 Å². The number of aliphatic hydroxyl groups excluding tert-OH is 1. The standard InChI is InChI=1S/C13H14N2O2S/c1-8(16)13(17)15-11-5-3-10(4-6-11)12-7-18-9(2)14-12/h3-8,16H,1-2H3,(H,15,17). The van der Waals surface area contributed by atoms with E-state index in [-0.39, 0.29) is 0 Å². The van der Waals surface area contributed by atoms with Gasteiger partial charge in [-0.1, -0.05) is 12.1 Å². The number of nitrogens with one attached hydrogen (secondary N) is 1. The van der Waals surface area contributed by atoms with Crippen LogP contribution in [0.5, 0.6) is 0 Å². The number of hydrogen-bond donors (Lipinski definition) is 2. The molecule has 5 heteroatoms. The minimum absolute atomic E-state index is 0.410. The van der Waals surface area contributed by atoms with Crippen LogP contribution in [0.3, 0.4) is 0 Å². The van der Waals surface area contributed by atoms with E-state index in [0.29, 0.717) is 5.69 Å². The number of anilines is 1. The molecule has 1 unspecified atom stereocenters. The van der Waals surface area contributed by atoms with E-state index in [2.05, 4.69) is 10.3 Å². The predicted octanol–water partition coefficient (Wildman–Crippen LogP) is 2.44. The lowest BCUT2D eigenvalue weighted by Crippen LogP contribution is -2.24. The van der Waals surface area contributed by atoms with Gasteiger partial charge in [-0.15, -0.1) is 11.3 Å². The third-order valence-electron chi connectivity index (χ3n) is 2.45. The van der Waals surface area contributed by atoms with Crippen LogP contribution < -0.4 is 5.32 Å². The average molecular weight is 262 g/mol. The summed E-state index contributed by atoms with van der Waals surface area (Å²) in [6.07, 6.45) is -1.01. The fourth-order valence-corrected chi connectivity index (χ4v) is 2.09. The number of hydrogen-bond acceptors (Lipinski definition) is 4. The molecule has 2 aromatic rings. The Kier molecular flexibility index (Phi) is 3.74. The van der Waals surface area contributed by atoms with Crippen molar-refractivity contribution in [2.24, 2.45) is 0 Å². The predicted molar refractivity (Wildman–Crippen MR) is 72.6 cm³/mol. The highest BCUT2D eigenvalue weighted by molar-refractivity contribution is 7.09. The number of aliphatic hydroxyl groups is 1. The van der Waals surface area contributed by atoms with Crippen molar-refractivity contribution in [1.82, 2.24) is 4.98 Å². The van der Waals surface area contributed by atoms with Gasteiger partial charge >= 0.3 is 0 Å². The van der Waals surface area contributed by atoms with Gasteiger partial charge in [-0.05, 0) is 26.0 Å². The number of carbonyl (C=O) groups is 1. The summed E-state index contributed by atoms with van der Waals surface area (Å²) in [6, 6.07) is 7.38. The van der Waals surface area contributed by atoms with Crippen molar-refractivity contribution < 1.29 is 9.90 Å². The second kappa shape index (κ2) is 5.29. The summed E-state index contributed by atoms with van der Waals surface area (Å²) < 4.78 is 0. The summed E-state index contributed by atoms with van der Waals surface area (Å²) in [5, 5.41) is 14.7. The largest absolute Gasteiger partial charge is 0.384 e. The van der Waals surface area contributed by atoms with Gasteiger partial charge in [0, 0.05) is 16.6 Å². The van der Waals surface area contributed by atoms with Crippen molar-refractivity contribution >= 4 is 22.9 Å². The van der Waals surface area contributed by atoms with Crippen LogP contribution in [0.1, 0.15) is 11.9 Å². The Balaban J connectivity index is 2.13. The third-order valence-corrected chi connectivity index (χ3v) is 3.22. The van der Waals surface area contributed by atoms with Crippen LogP contribution >= 0.6 is 11.3 Å². The maximum Gasteiger partial charge on any atom is 0.252 e. The molecule has 1 aromatic heterocycles. The van der Waals surface area contributed by atoms with Gasteiger partial charge in [-0.2, -0.15) is 0 Å². The summed E-state index contributed by atoms with van der Waals surface area (Å²) >= 11 is 1.60. The number of aryl methyl sites for hydroxylation is 1. The molecular weight excluding hydrogens is 248 g/mol. The Morgan fingerprint density at radius 3 is 2.56 bits per heavy atom. The second-order valence-electron chi connectivity index (χ2n) is 3.99. The molecule has 1 aromatic carbocycles. The van der Waals surface area contributed by atoms with Crippen molar-refractivity contribution in [3.63, 3.8) is 0 Å². The maximum atomic E-state index is 11.3. The lowest BCUT2D eigenvalue weighted by molar-refractivity contribution is -0.123. The first-order chi connectivity index (χ1) is 8.56. The third kappa shape index (κ3) is 2.94. The van der Waals surface area contributed by atoms with Gasteiger partial charge in [-0.25, -0.2) is 4.98 Å². The van der Waals surface area contributed by atoms with Crippen LogP contribution in [0.2, 0.25) is 0 Å². The van der Waals surface area contributed by atoms with Crippen molar-refractivity contribution in [2.45, 2.75) is 20.0 Å². The SMILES string of the molecule is Cc1nc(-c2ccc(NC(=O)C(C)O)cc2)cs1. The molecule has 0 saturated heterocycles. The molecule has 0 saturated carbocycles. The Morgan fingerprint density at radius 1 is 1.39 bits per heavy atom. The molecule has 0 bridgehead atoms. The Hall–Kier alpha value is -1.72. The molecule has 2 rings (SSSR count). The smallest absolute Gasteiger partial charge is 0.252 e. The molecule has 94 valence electrons. The van der Waals surface area contributed by atoms with E-state index in [9.17, 15) is 4.79 Å². The van der Waals surface area contributed by atoms with Crippen LogP contribution in [-0.2, 0) is 4.79 Å². The number of benzene rings is 1. The molecule has 0 aliphatic carbocycles. The van der Waals surface area contributed by atoms with E-state index in [1.165, 1.54) is 6.92 Å². The van der Waals surface area contributed by atoms with E-state index in [1.807, 2.05) is 24.4 Å². The van der Waals surface area contributed by atoms with Gasteiger partial charge in [0.05, 0.1) is 10.7 Å². The zero-order valence-corrected chi connectivity index (χ0v) is 11.0. The van der Waals surface area contributed by atoms with Crippen LogP contribution in [-0.4, -0.2) is 22.1 Å². The molecule has 2 N–H and O–H groups in total. The lowest BCUT2D eigenvalue weighted by Gasteiger charge is -2.07. The Labute approximate surface area is 109 Å². The zero-order chi connectivity index (χ0) is 13.1. The fourth-order valence-electron chi connectivity index (χ4n) is 1.47. The molecule has 1 amide bonds. The summed E-state index contributed by atoms with van der Waals surface area (Å²) in [4.78, 5) is 15.7.